The van der Waals surface area contributed by atoms with Gasteiger partial charge in [-0.05, 0) is 31.0 Å². The minimum absolute atomic E-state index is 0.0411. The third-order valence-electron chi connectivity index (χ3n) is 4.88. The standard InChI is InChI=1S/C19H23N3O5/c1-3-13-4-6-15(7-5-13)22-11-14(10-16(22)23)18(25)27-12(2)17(24)21-9-8-20-19(21)26/h4-7,12,14H,3,8-11H2,1-2H3,(H,20,26)/t12-,14+/m0/s1. The van der Waals surface area contributed by atoms with E-state index in [0.29, 0.717) is 6.54 Å². The number of rotatable bonds is 5. The summed E-state index contributed by atoms with van der Waals surface area (Å²) < 4.78 is 5.24. The number of imide groups is 1. The molecule has 2 saturated heterocycles. The number of carbonyl (C=O) groups is 4. The molecule has 2 aliphatic rings. The molecule has 0 aromatic heterocycles. The molecule has 2 fully saturated rings. The van der Waals surface area contributed by atoms with E-state index < -0.39 is 29.9 Å². The molecule has 0 saturated carbocycles. The number of hydrogen-bond acceptors (Lipinski definition) is 5. The molecule has 0 unspecified atom stereocenters. The molecular formula is C19H23N3O5. The van der Waals surface area contributed by atoms with E-state index in [2.05, 4.69) is 12.2 Å². The minimum Gasteiger partial charge on any atom is -0.452 e. The Kier molecular flexibility index (Phi) is 5.43. The van der Waals surface area contributed by atoms with Crippen LogP contribution in [0.1, 0.15) is 25.8 Å². The summed E-state index contributed by atoms with van der Waals surface area (Å²) in [4.78, 5) is 51.1. The minimum atomic E-state index is -1.07. The zero-order chi connectivity index (χ0) is 19.6. The number of nitrogens with one attached hydrogen (secondary N) is 1. The number of nitrogens with zero attached hydrogens (tertiary/aromatic N) is 2. The predicted molar refractivity (Wildman–Crippen MR) is 96.9 cm³/mol. The lowest BCUT2D eigenvalue weighted by atomic mass is 10.1. The van der Waals surface area contributed by atoms with Crippen LogP contribution >= 0.6 is 0 Å². The number of carbonyl (C=O) groups excluding carboxylic acids is 4. The molecule has 4 amide bonds. The molecule has 2 heterocycles. The van der Waals surface area contributed by atoms with Crippen molar-refractivity contribution >= 4 is 29.5 Å². The number of esters is 1. The number of hydrogen-bond donors (Lipinski definition) is 1. The van der Waals surface area contributed by atoms with Gasteiger partial charge in [0, 0.05) is 31.7 Å². The Labute approximate surface area is 157 Å². The largest absolute Gasteiger partial charge is 0.452 e. The molecule has 1 aromatic carbocycles. The van der Waals surface area contributed by atoms with Gasteiger partial charge in [-0.25, -0.2) is 4.79 Å². The maximum atomic E-state index is 12.4. The molecule has 0 aliphatic carbocycles. The van der Waals surface area contributed by atoms with Gasteiger partial charge in [0.25, 0.3) is 5.91 Å². The van der Waals surface area contributed by atoms with Crippen molar-refractivity contribution in [2.24, 2.45) is 5.92 Å². The predicted octanol–water partition coefficient (Wildman–Crippen LogP) is 1.09. The summed E-state index contributed by atoms with van der Waals surface area (Å²) in [6.07, 6.45) is -0.127. The van der Waals surface area contributed by atoms with Crippen molar-refractivity contribution in [3.05, 3.63) is 29.8 Å². The molecule has 1 N–H and O–H groups in total. The Morgan fingerprint density at radius 2 is 1.96 bits per heavy atom. The second kappa shape index (κ2) is 7.77. The zero-order valence-electron chi connectivity index (χ0n) is 15.4. The van der Waals surface area contributed by atoms with Crippen molar-refractivity contribution in [1.82, 2.24) is 10.2 Å². The van der Waals surface area contributed by atoms with E-state index in [1.54, 1.807) is 4.90 Å². The highest BCUT2D eigenvalue weighted by atomic mass is 16.5. The fourth-order valence-electron chi connectivity index (χ4n) is 3.25. The third-order valence-corrected chi connectivity index (χ3v) is 4.88. The van der Waals surface area contributed by atoms with Gasteiger partial charge in [-0.3, -0.25) is 19.3 Å². The quantitative estimate of drug-likeness (QED) is 0.780. The molecule has 144 valence electrons. The van der Waals surface area contributed by atoms with Gasteiger partial charge in [-0.1, -0.05) is 19.1 Å². The van der Waals surface area contributed by atoms with Crippen molar-refractivity contribution < 1.29 is 23.9 Å². The maximum Gasteiger partial charge on any atom is 0.324 e. The number of urea groups is 1. The topological polar surface area (TPSA) is 96.0 Å². The van der Waals surface area contributed by atoms with E-state index >= 15 is 0 Å². The highest BCUT2D eigenvalue weighted by molar-refractivity contribution is 6.01. The summed E-state index contributed by atoms with van der Waals surface area (Å²) in [7, 11) is 0. The van der Waals surface area contributed by atoms with Crippen LogP contribution < -0.4 is 10.2 Å². The molecule has 8 heteroatoms. The Bertz CT molecular complexity index is 761. The van der Waals surface area contributed by atoms with Crippen LogP contribution in [-0.4, -0.2) is 54.5 Å². The monoisotopic (exact) mass is 373 g/mol. The SMILES string of the molecule is CCc1ccc(N2C[C@H](C(=O)O[C@@H](C)C(=O)N3CCNC3=O)CC2=O)cc1. The van der Waals surface area contributed by atoms with Gasteiger partial charge in [0.05, 0.1) is 5.92 Å². The average Bonchev–Trinajstić information content (AvgIpc) is 3.26. The number of amides is 4. The van der Waals surface area contributed by atoms with Crippen molar-refractivity contribution in [3.8, 4) is 0 Å². The van der Waals surface area contributed by atoms with Gasteiger partial charge in [-0.15, -0.1) is 0 Å². The maximum absolute atomic E-state index is 12.4. The highest BCUT2D eigenvalue weighted by Gasteiger charge is 2.38. The Morgan fingerprint density at radius 1 is 1.26 bits per heavy atom. The molecule has 1 aromatic rings. The molecular weight excluding hydrogens is 350 g/mol. The first-order valence-corrected chi connectivity index (χ1v) is 9.09. The first-order valence-electron chi connectivity index (χ1n) is 9.09. The van der Waals surface area contributed by atoms with E-state index in [9.17, 15) is 19.2 Å². The van der Waals surface area contributed by atoms with Gasteiger partial charge < -0.3 is 15.0 Å². The Morgan fingerprint density at radius 3 is 2.56 bits per heavy atom. The lowest BCUT2D eigenvalue weighted by Gasteiger charge is -2.20. The molecule has 2 aliphatic heterocycles. The van der Waals surface area contributed by atoms with Crippen LogP contribution in [0.2, 0.25) is 0 Å². The molecule has 8 nitrogen and oxygen atoms in total. The van der Waals surface area contributed by atoms with Crippen molar-refractivity contribution in [3.63, 3.8) is 0 Å². The summed E-state index contributed by atoms with van der Waals surface area (Å²) in [5.74, 6) is -1.95. The van der Waals surface area contributed by atoms with Crippen LogP contribution in [0.5, 0.6) is 0 Å². The summed E-state index contributed by atoms with van der Waals surface area (Å²) in [6.45, 7) is 4.34. The van der Waals surface area contributed by atoms with Crippen LogP contribution in [0.15, 0.2) is 24.3 Å². The van der Waals surface area contributed by atoms with E-state index in [0.717, 1.165) is 17.0 Å². The Balaban J connectivity index is 1.59. The number of ether oxygens (including phenoxy) is 1. The molecule has 2 atom stereocenters. The fourth-order valence-corrected chi connectivity index (χ4v) is 3.25. The highest BCUT2D eigenvalue weighted by Crippen LogP contribution is 2.26. The second-order valence-electron chi connectivity index (χ2n) is 6.73. The van der Waals surface area contributed by atoms with E-state index in [4.69, 9.17) is 4.74 Å². The Hall–Kier alpha value is -2.90. The molecule has 27 heavy (non-hydrogen) atoms. The lowest BCUT2D eigenvalue weighted by Crippen LogP contribution is -2.42. The van der Waals surface area contributed by atoms with Gasteiger partial charge in [-0.2, -0.15) is 0 Å². The first-order chi connectivity index (χ1) is 12.9. The van der Waals surface area contributed by atoms with Crippen LogP contribution in [0, 0.1) is 5.92 Å². The number of anilines is 1. The van der Waals surface area contributed by atoms with Gasteiger partial charge in [0.15, 0.2) is 6.10 Å². The van der Waals surface area contributed by atoms with Crippen LogP contribution in [0.4, 0.5) is 10.5 Å². The normalized spacial score (nSPS) is 20.6. The first kappa shape index (κ1) is 18.9. The van der Waals surface area contributed by atoms with Crippen molar-refractivity contribution in [1.29, 1.82) is 0 Å². The molecule has 3 rings (SSSR count). The van der Waals surface area contributed by atoms with E-state index in [1.165, 1.54) is 12.5 Å². The smallest absolute Gasteiger partial charge is 0.324 e. The summed E-state index contributed by atoms with van der Waals surface area (Å²) in [5.41, 5.74) is 1.91. The van der Waals surface area contributed by atoms with E-state index in [1.807, 2.05) is 24.3 Å². The molecule has 0 radical (unpaired) electrons. The fraction of sp³-hybridized carbons (Fsp3) is 0.474. The van der Waals surface area contributed by atoms with Crippen LogP contribution in [0.3, 0.4) is 0 Å². The summed E-state index contributed by atoms with van der Waals surface area (Å²) >= 11 is 0. The van der Waals surface area contributed by atoms with E-state index in [-0.39, 0.29) is 25.4 Å². The van der Waals surface area contributed by atoms with Gasteiger partial charge >= 0.3 is 12.0 Å². The summed E-state index contributed by atoms with van der Waals surface area (Å²) in [6, 6.07) is 7.15. The average molecular weight is 373 g/mol. The molecule has 0 spiro atoms. The lowest BCUT2D eigenvalue weighted by molar-refractivity contribution is -0.160. The molecule has 0 bridgehead atoms. The number of benzene rings is 1. The second-order valence-corrected chi connectivity index (χ2v) is 6.73. The van der Waals surface area contributed by atoms with Crippen LogP contribution in [0.25, 0.3) is 0 Å². The summed E-state index contributed by atoms with van der Waals surface area (Å²) in [5, 5.41) is 2.53. The van der Waals surface area contributed by atoms with Crippen molar-refractivity contribution in [2.75, 3.05) is 24.5 Å². The van der Waals surface area contributed by atoms with Crippen LogP contribution in [-0.2, 0) is 25.5 Å². The van der Waals surface area contributed by atoms with Gasteiger partial charge in [0.1, 0.15) is 0 Å². The van der Waals surface area contributed by atoms with Crippen molar-refractivity contribution in [2.45, 2.75) is 32.8 Å². The van der Waals surface area contributed by atoms with Gasteiger partial charge in [0.2, 0.25) is 5.91 Å². The third kappa shape index (κ3) is 3.94. The zero-order valence-corrected chi connectivity index (χ0v) is 15.4. The number of aryl methyl sites for hydroxylation is 1.